The van der Waals surface area contributed by atoms with E-state index in [2.05, 4.69) is 9.98 Å². The van der Waals surface area contributed by atoms with Crippen molar-refractivity contribution in [2.45, 2.75) is 44.4 Å². The molecule has 2 aromatic carbocycles. The second kappa shape index (κ2) is 7.50. The van der Waals surface area contributed by atoms with Gasteiger partial charge in [-0.05, 0) is 69.1 Å². The highest BCUT2D eigenvalue weighted by atomic mass is 19.1. The zero-order valence-corrected chi connectivity index (χ0v) is 20.3. The number of hydrogen-bond donors (Lipinski definition) is 1. The van der Waals surface area contributed by atoms with Crippen molar-refractivity contribution < 1.29 is 27.6 Å². The van der Waals surface area contributed by atoms with E-state index >= 15 is 4.39 Å². The fourth-order valence-electron chi connectivity index (χ4n) is 4.81. The molecule has 184 valence electrons. The Labute approximate surface area is 207 Å². The van der Waals surface area contributed by atoms with Gasteiger partial charge in [0.05, 0.1) is 11.2 Å². The molecule has 3 aromatic rings. The molecule has 1 atom stereocenters. The van der Waals surface area contributed by atoms with Crippen LogP contribution in [0.5, 0.6) is 11.5 Å². The highest BCUT2D eigenvalue weighted by Crippen LogP contribution is 2.52. The molecule has 0 bridgehead atoms. The van der Waals surface area contributed by atoms with Gasteiger partial charge < -0.3 is 24.5 Å². The molecule has 10 heteroatoms. The van der Waals surface area contributed by atoms with Crippen molar-refractivity contribution in [1.29, 1.82) is 0 Å². The second-order valence-corrected chi connectivity index (χ2v) is 10.2. The first-order valence-corrected chi connectivity index (χ1v) is 11.6. The molecule has 1 saturated heterocycles. The largest absolute Gasteiger partial charge is 0.494 e. The zero-order chi connectivity index (χ0) is 25.5. The Morgan fingerprint density at radius 3 is 2.39 bits per heavy atom. The van der Waals surface area contributed by atoms with Crippen LogP contribution < -0.4 is 15.9 Å². The quantitative estimate of drug-likeness (QED) is 0.431. The maximum atomic E-state index is 15.6. The summed E-state index contributed by atoms with van der Waals surface area (Å²) in [7, 11) is -0.798. The van der Waals surface area contributed by atoms with Gasteiger partial charge in [0.2, 0.25) is 5.95 Å². The molecule has 2 N–H and O–H groups in total. The van der Waals surface area contributed by atoms with E-state index in [1.807, 2.05) is 27.7 Å². The van der Waals surface area contributed by atoms with Gasteiger partial charge in [0.25, 0.3) is 6.02 Å². The molecule has 0 radical (unpaired) electrons. The fraction of sp³-hybridized carbons (Fsp3) is 0.308. The minimum absolute atomic E-state index is 0.0186. The SMILES string of the molecule is CC1(C)OB(c2cc(F)c3c(c2)C2(COC(N)=N2)c2cc(-c4cccnc4F)ccc2O3)OC1(C)C. The Bertz CT molecular complexity index is 1430. The highest BCUT2D eigenvalue weighted by Gasteiger charge is 2.53. The molecule has 1 fully saturated rings. The van der Waals surface area contributed by atoms with Gasteiger partial charge in [-0.2, -0.15) is 4.39 Å². The van der Waals surface area contributed by atoms with E-state index in [1.54, 1.807) is 36.4 Å². The normalized spacial score (nSPS) is 23.1. The summed E-state index contributed by atoms with van der Waals surface area (Å²) in [4.78, 5) is 8.37. The molecule has 3 aliphatic rings. The number of fused-ring (bicyclic) bond motifs is 4. The third-order valence-corrected chi connectivity index (χ3v) is 7.47. The van der Waals surface area contributed by atoms with Crippen molar-refractivity contribution in [2.75, 3.05) is 6.61 Å². The standard InChI is InChI=1S/C26H24BF2N3O4/c1-24(2)25(3,4)36-27(35-24)15-11-18-21(19(28)12-15)34-20-8-7-14(16-6-5-9-31-22(16)29)10-17(20)26(18)13-33-23(30)32-26/h5-12H,13H2,1-4H3,(H2,30,32). The number of hydrogen-bond acceptors (Lipinski definition) is 7. The van der Waals surface area contributed by atoms with Crippen LogP contribution in [0.1, 0.15) is 38.8 Å². The molecule has 7 nitrogen and oxygen atoms in total. The predicted molar refractivity (Wildman–Crippen MR) is 130 cm³/mol. The lowest BCUT2D eigenvalue weighted by Gasteiger charge is -2.34. The molecule has 0 amide bonds. The minimum Gasteiger partial charge on any atom is -0.462 e. The smallest absolute Gasteiger partial charge is 0.462 e. The summed E-state index contributed by atoms with van der Waals surface area (Å²) in [6, 6.07) is 11.5. The summed E-state index contributed by atoms with van der Waals surface area (Å²) in [6.45, 7) is 7.73. The van der Waals surface area contributed by atoms with Crippen LogP contribution >= 0.6 is 0 Å². The van der Waals surface area contributed by atoms with Crippen molar-refractivity contribution in [3.63, 3.8) is 0 Å². The van der Waals surface area contributed by atoms with Crippen molar-refractivity contribution in [2.24, 2.45) is 10.7 Å². The molecule has 1 spiro atoms. The number of rotatable bonds is 2. The number of halogens is 2. The first-order chi connectivity index (χ1) is 17.0. The third kappa shape index (κ3) is 3.24. The maximum absolute atomic E-state index is 15.6. The van der Waals surface area contributed by atoms with Crippen molar-refractivity contribution in [3.8, 4) is 22.6 Å². The Kier molecular flexibility index (Phi) is 4.78. The van der Waals surface area contributed by atoms with E-state index in [4.69, 9.17) is 24.5 Å². The van der Waals surface area contributed by atoms with Gasteiger partial charge >= 0.3 is 7.12 Å². The summed E-state index contributed by atoms with van der Waals surface area (Å²) >= 11 is 0. The van der Waals surface area contributed by atoms with Crippen LogP contribution in [0.25, 0.3) is 11.1 Å². The van der Waals surface area contributed by atoms with E-state index in [1.165, 1.54) is 12.3 Å². The molecular weight excluding hydrogens is 467 g/mol. The Morgan fingerprint density at radius 2 is 1.72 bits per heavy atom. The fourth-order valence-corrected chi connectivity index (χ4v) is 4.81. The number of nitrogens with zero attached hydrogens (tertiary/aromatic N) is 2. The van der Waals surface area contributed by atoms with E-state index in [0.29, 0.717) is 33.5 Å². The summed E-state index contributed by atoms with van der Waals surface area (Å²) in [5.41, 5.74) is 5.90. The van der Waals surface area contributed by atoms with Gasteiger partial charge in [-0.3, -0.25) is 0 Å². The Balaban J connectivity index is 1.52. The molecule has 36 heavy (non-hydrogen) atoms. The molecule has 0 saturated carbocycles. The van der Waals surface area contributed by atoms with E-state index < -0.39 is 35.6 Å². The number of aliphatic imine (C=N–C) groups is 1. The van der Waals surface area contributed by atoms with Crippen LogP contribution in [0.2, 0.25) is 0 Å². The molecule has 1 unspecified atom stereocenters. The molecule has 3 aliphatic heterocycles. The van der Waals surface area contributed by atoms with Crippen LogP contribution in [0, 0.1) is 11.8 Å². The summed E-state index contributed by atoms with van der Waals surface area (Å²) < 4.78 is 54.0. The number of ether oxygens (including phenoxy) is 2. The van der Waals surface area contributed by atoms with Crippen LogP contribution in [-0.4, -0.2) is 35.9 Å². The topological polar surface area (TPSA) is 88.2 Å². The average Bonchev–Trinajstić information content (AvgIpc) is 3.31. The molecule has 1 aromatic heterocycles. The monoisotopic (exact) mass is 491 g/mol. The Morgan fingerprint density at radius 1 is 0.972 bits per heavy atom. The first kappa shape index (κ1) is 22.9. The van der Waals surface area contributed by atoms with Gasteiger partial charge in [-0.25, -0.2) is 14.4 Å². The van der Waals surface area contributed by atoms with Crippen molar-refractivity contribution >= 4 is 18.6 Å². The van der Waals surface area contributed by atoms with Crippen LogP contribution in [0.4, 0.5) is 8.78 Å². The average molecular weight is 491 g/mol. The van der Waals surface area contributed by atoms with E-state index in [-0.39, 0.29) is 18.4 Å². The van der Waals surface area contributed by atoms with Crippen LogP contribution in [0.3, 0.4) is 0 Å². The lowest BCUT2D eigenvalue weighted by atomic mass is 9.73. The molecular formula is C26H24BF2N3O4. The molecule has 4 heterocycles. The van der Waals surface area contributed by atoms with Crippen molar-refractivity contribution in [1.82, 2.24) is 4.98 Å². The minimum atomic E-state index is -1.21. The number of amidine groups is 1. The van der Waals surface area contributed by atoms with Crippen LogP contribution in [0.15, 0.2) is 53.7 Å². The summed E-state index contributed by atoms with van der Waals surface area (Å²) in [6.07, 6.45) is 1.38. The van der Waals surface area contributed by atoms with Crippen LogP contribution in [-0.2, 0) is 19.6 Å². The van der Waals surface area contributed by atoms with Crippen molar-refractivity contribution in [3.05, 3.63) is 71.6 Å². The van der Waals surface area contributed by atoms with E-state index in [0.717, 1.165) is 0 Å². The summed E-state index contributed by atoms with van der Waals surface area (Å²) in [5.74, 6) is -0.807. The number of aromatic nitrogens is 1. The Hall–Kier alpha value is -3.50. The van der Waals surface area contributed by atoms with Gasteiger partial charge in [-0.15, -0.1) is 0 Å². The highest BCUT2D eigenvalue weighted by molar-refractivity contribution is 6.62. The predicted octanol–water partition coefficient (Wildman–Crippen LogP) is 4.02. The van der Waals surface area contributed by atoms with Gasteiger partial charge in [-0.1, -0.05) is 12.1 Å². The third-order valence-electron chi connectivity index (χ3n) is 7.47. The lowest BCUT2D eigenvalue weighted by Crippen LogP contribution is -2.41. The van der Waals surface area contributed by atoms with Gasteiger partial charge in [0.1, 0.15) is 12.4 Å². The van der Waals surface area contributed by atoms with E-state index in [9.17, 15) is 4.39 Å². The number of pyridine rings is 1. The van der Waals surface area contributed by atoms with Gasteiger partial charge in [0.15, 0.2) is 17.1 Å². The number of nitrogens with two attached hydrogens (primary N) is 1. The lowest BCUT2D eigenvalue weighted by molar-refractivity contribution is 0.00578. The number of benzene rings is 2. The zero-order valence-electron chi connectivity index (χ0n) is 20.3. The second-order valence-electron chi connectivity index (χ2n) is 10.2. The summed E-state index contributed by atoms with van der Waals surface area (Å²) in [5, 5.41) is 0. The molecule has 6 rings (SSSR count). The first-order valence-electron chi connectivity index (χ1n) is 11.6. The maximum Gasteiger partial charge on any atom is 0.494 e. The van der Waals surface area contributed by atoms with Gasteiger partial charge in [0, 0.05) is 22.9 Å². The molecule has 0 aliphatic carbocycles.